The van der Waals surface area contributed by atoms with Crippen molar-refractivity contribution in [1.29, 1.82) is 5.26 Å². The van der Waals surface area contributed by atoms with Crippen LogP contribution in [0.25, 0.3) is 0 Å². The lowest BCUT2D eigenvalue weighted by Gasteiger charge is -2.27. The van der Waals surface area contributed by atoms with Gasteiger partial charge in [-0.1, -0.05) is 17.9 Å². The number of carbonyl (C=O) groups is 1. The topological polar surface area (TPSA) is 144 Å². The Morgan fingerprint density at radius 3 is 2.37 bits per heavy atom. The molecule has 1 aliphatic rings. The van der Waals surface area contributed by atoms with Crippen LogP contribution in [-0.4, -0.2) is 49.2 Å². The first-order valence-electron chi connectivity index (χ1n) is 9.24. The Morgan fingerprint density at radius 2 is 1.90 bits per heavy atom. The summed E-state index contributed by atoms with van der Waals surface area (Å²) in [6.45, 7) is 2.71. The Kier molecular flexibility index (Phi) is 7.56. The highest BCUT2D eigenvalue weighted by Crippen LogP contribution is 2.23. The molecule has 1 fully saturated rings. The summed E-state index contributed by atoms with van der Waals surface area (Å²) < 4.78 is 10.5. The Labute approximate surface area is 176 Å². The molecule has 30 heavy (non-hydrogen) atoms. The van der Waals surface area contributed by atoms with Gasteiger partial charge in [-0.25, -0.2) is 5.84 Å². The lowest BCUT2D eigenvalue weighted by molar-refractivity contribution is -0.114. The molecule has 1 aliphatic heterocycles. The van der Waals surface area contributed by atoms with E-state index < -0.39 is 5.91 Å². The van der Waals surface area contributed by atoms with Crippen molar-refractivity contribution in [1.82, 2.24) is 9.91 Å². The van der Waals surface area contributed by atoms with Crippen molar-refractivity contribution in [3.63, 3.8) is 0 Å². The number of hydrazine groups is 1. The van der Waals surface area contributed by atoms with Crippen molar-refractivity contribution in [3.05, 3.63) is 46.8 Å². The van der Waals surface area contributed by atoms with Gasteiger partial charge >= 0.3 is 0 Å². The maximum absolute atomic E-state index is 12.2. The monoisotopic (exact) mass is 410 g/mol. The highest BCUT2D eigenvalue weighted by atomic mass is 16.5. The van der Waals surface area contributed by atoms with Crippen LogP contribution in [0.1, 0.15) is 18.9 Å². The zero-order valence-electron chi connectivity index (χ0n) is 17.3. The molecule has 1 atom stereocenters. The summed E-state index contributed by atoms with van der Waals surface area (Å²) in [4.78, 5) is 13.8. The zero-order chi connectivity index (χ0) is 22.3. The summed E-state index contributed by atoms with van der Waals surface area (Å²) in [5.74, 6) is 12.5. The van der Waals surface area contributed by atoms with E-state index in [1.807, 2.05) is 0 Å². The highest BCUT2D eigenvalue weighted by Gasteiger charge is 2.29. The molecule has 0 saturated carbocycles. The van der Waals surface area contributed by atoms with Crippen LogP contribution in [0.15, 0.2) is 41.2 Å². The minimum absolute atomic E-state index is 0.0120. The van der Waals surface area contributed by atoms with Gasteiger partial charge < -0.3 is 25.8 Å². The number of nitrogens with zero attached hydrogens (tertiary/aromatic N) is 3. The molecule has 9 nitrogen and oxygen atoms in total. The smallest absolute Gasteiger partial charge is 0.253 e. The van der Waals surface area contributed by atoms with Crippen molar-refractivity contribution in [2.45, 2.75) is 19.4 Å². The molecule has 0 aliphatic carbocycles. The minimum atomic E-state index is -0.747. The first-order chi connectivity index (χ1) is 14.3. The third-order valence-corrected chi connectivity index (χ3v) is 4.73. The number of allylic oxidation sites excluding steroid dienone is 1. The highest BCUT2D eigenvalue weighted by molar-refractivity contribution is 5.98. The molecule has 1 saturated heterocycles. The second kappa shape index (κ2) is 10.1. The van der Waals surface area contributed by atoms with Gasteiger partial charge in [0.2, 0.25) is 0 Å². The van der Waals surface area contributed by atoms with Gasteiger partial charge in [0, 0.05) is 23.7 Å². The van der Waals surface area contributed by atoms with Gasteiger partial charge in [0.15, 0.2) is 6.19 Å². The van der Waals surface area contributed by atoms with Crippen LogP contribution in [0, 0.1) is 23.3 Å². The largest absolute Gasteiger partial charge is 0.497 e. The number of hydrogen-bond donors (Lipinski definition) is 3. The predicted molar refractivity (Wildman–Crippen MR) is 112 cm³/mol. The standard InChI is InChI=1S/C21H26N6O3/c1-4-15(6-5-14-9-17(29-2)11-18(10-14)30-3)19(21(24)28)20(23)27(25)16-7-8-26(12-16)13-22/h4,9-11,16H,7-8,12,23,25H2,1-3H3,(H2,24,28)/b15-4-,20-19+/t16-/m0/s1. The Balaban J connectivity index is 2.39. The van der Waals surface area contributed by atoms with E-state index in [2.05, 4.69) is 18.0 Å². The van der Waals surface area contributed by atoms with Gasteiger partial charge in [-0.3, -0.25) is 9.80 Å². The first kappa shape index (κ1) is 22.5. The molecule has 1 heterocycles. The van der Waals surface area contributed by atoms with Crippen molar-refractivity contribution >= 4 is 5.91 Å². The summed E-state index contributed by atoms with van der Waals surface area (Å²) in [5.41, 5.74) is 12.8. The molecule has 0 aromatic heterocycles. The summed E-state index contributed by atoms with van der Waals surface area (Å²) in [7, 11) is 3.09. The average molecular weight is 410 g/mol. The molecule has 0 spiro atoms. The van der Waals surface area contributed by atoms with Crippen molar-refractivity contribution in [3.8, 4) is 29.5 Å². The van der Waals surface area contributed by atoms with Gasteiger partial charge in [0.1, 0.15) is 17.3 Å². The summed E-state index contributed by atoms with van der Waals surface area (Å²) in [6.07, 6.45) is 4.36. The molecular formula is C21H26N6O3. The van der Waals surface area contributed by atoms with Crippen molar-refractivity contribution < 1.29 is 14.3 Å². The summed E-state index contributed by atoms with van der Waals surface area (Å²) in [6, 6.07) is 4.99. The maximum atomic E-state index is 12.2. The number of methoxy groups -OCH3 is 2. The predicted octanol–water partition coefficient (Wildman–Crippen LogP) is 0.388. The van der Waals surface area contributed by atoms with Crippen LogP contribution in [0.5, 0.6) is 11.5 Å². The number of likely N-dealkylation sites (tertiary alicyclic amines) is 1. The molecule has 0 radical (unpaired) electrons. The second-order valence-corrected chi connectivity index (χ2v) is 6.57. The lowest BCUT2D eigenvalue weighted by atomic mass is 10.0. The first-order valence-corrected chi connectivity index (χ1v) is 9.24. The summed E-state index contributed by atoms with van der Waals surface area (Å²) in [5, 5.41) is 10.3. The number of rotatable bonds is 6. The van der Waals surface area contributed by atoms with Crippen LogP contribution < -0.4 is 26.8 Å². The van der Waals surface area contributed by atoms with Crippen molar-refractivity contribution in [2.75, 3.05) is 27.3 Å². The van der Waals surface area contributed by atoms with E-state index in [-0.39, 0.29) is 17.4 Å². The molecule has 6 N–H and O–H groups in total. The van der Waals surface area contributed by atoms with Gasteiger partial charge in [0.25, 0.3) is 5.91 Å². The van der Waals surface area contributed by atoms with Crippen LogP contribution in [0.2, 0.25) is 0 Å². The van der Waals surface area contributed by atoms with E-state index in [9.17, 15) is 4.79 Å². The number of nitrogens with two attached hydrogens (primary N) is 3. The van der Waals surface area contributed by atoms with E-state index in [4.69, 9.17) is 32.0 Å². The number of carbonyl (C=O) groups excluding carboxylic acids is 1. The molecule has 0 unspecified atom stereocenters. The van der Waals surface area contributed by atoms with E-state index in [1.165, 1.54) is 5.01 Å². The average Bonchev–Trinajstić information content (AvgIpc) is 3.24. The van der Waals surface area contributed by atoms with Crippen molar-refractivity contribution in [2.24, 2.45) is 17.3 Å². The van der Waals surface area contributed by atoms with E-state index >= 15 is 0 Å². The van der Waals surface area contributed by atoms with Gasteiger partial charge in [0.05, 0.1) is 32.4 Å². The molecule has 1 amide bonds. The number of primary amides is 1. The quantitative estimate of drug-likeness (QED) is 0.153. The third-order valence-electron chi connectivity index (χ3n) is 4.73. The molecule has 9 heteroatoms. The third kappa shape index (κ3) is 5.16. The van der Waals surface area contributed by atoms with Crippen LogP contribution in [0.3, 0.4) is 0 Å². The normalized spacial score (nSPS) is 16.7. The number of hydrogen-bond acceptors (Lipinski definition) is 8. The fraction of sp³-hybridized carbons (Fsp3) is 0.333. The number of benzene rings is 1. The number of amides is 1. The second-order valence-electron chi connectivity index (χ2n) is 6.57. The van der Waals surface area contributed by atoms with Crippen LogP contribution >= 0.6 is 0 Å². The van der Waals surface area contributed by atoms with E-state index in [1.54, 1.807) is 50.3 Å². The molecule has 1 aromatic carbocycles. The molecule has 1 aromatic rings. The Bertz CT molecular complexity index is 945. The van der Waals surface area contributed by atoms with Crippen LogP contribution in [-0.2, 0) is 4.79 Å². The minimum Gasteiger partial charge on any atom is -0.497 e. The lowest BCUT2D eigenvalue weighted by Crippen LogP contribution is -2.46. The summed E-state index contributed by atoms with van der Waals surface area (Å²) >= 11 is 0. The van der Waals surface area contributed by atoms with E-state index in [0.29, 0.717) is 42.1 Å². The number of nitriles is 1. The zero-order valence-corrected chi connectivity index (χ0v) is 17.3. The Morgan fingerprint density at radius 1 is 1.27 bits per heavy atom. The molecule has 158 valence electrons. The van der Waals surface area contributed by atoms with Gasteiger partial charge in [-0.15, -0.1) is 0 Å². The molecule has 0 bridgehead atoms. The fourth-order valence-corrected chi connectivity index (χ4v) is 3.08. The van der Waals surface area contributed by atoms with E-state index in [0.717, 1.165) is 0 Å². The van der Waals surface area contributed by atoms with Gasteiger partial charge in [-0.05, 0) is 25.5 Å². The Hall–Kier alpha value is -3.82. The molecular weight excluding hydrogens is 384 g/mol. The number of ether oxygens (including phenoxy) is 2. The van der Waals surface area contributed by atoms with Gasteiger partial charge in [-0.2, -0.15) is 5.26 Å². The fourth-order valence-electron chi connectivity index (χ4n) is 3.08. The maximum Gasteiger partial charge on any atom is 0.253 e. The van der Waals surface area contributed by atoms with Crippen LogP contribution in [0.4, 0.5) is 0 Å². The molecule has 2 rings (SSSR count). The SMILES string of the molecule is C/C=C(C#Cc1cc(OC)cc(OC)c1)\C(C(N)=O)=C(\N)N(N)[C@H]1CCN(C#N)C1.